The predicted octanol–water partition coefficient (Wildman–Crippen LogP) is 6.05. The van der Waals surface area contributed by atoms with Gasteiger partial charge in [-0.25, -0.2) is 4.39 Å². The van der Waals surface area contributed by atoms with E-state index in [0.29, 0.717) is 17.8 Å². The largest absolute Gasteiger partial charge is 0.207 e. The van der Waals surface area contributed by atoms with Gasteiger partial charge in [0.25, 0.3) is 0 Å². The Labute approximate surface area is 133 Å². The fourth-order valence-electron chi connectivity index (χ4n) is 3.82. The lowest BCUT2D eigenvalue weighted by molar-refractivity contribution is 0.459. The Morgan fingerprint density at radius 3 is 2.55 bits per heavy atom. The highest BCUT2D eigenvalue weighted by molar-refractivity contribution is 5.45. The second kappa shape index (κ2) is 6.24. The van der Waals surface area contributed by atoms with Gasteiger partial charge in [0.1, 0.15) is 5.82 Å². The summed E-state index contributed by atoms with van der Waals surface area (Å²) in [5, 5.41) is 0. The maximum atomic E-state index is 13.8. The molecular formula is C21H25F. The first kappa shape index (κ1) is 15.3. The number of benzene rings is 2. The number of halogens is 1. The first-order chi connectivity index (χ1) is 10.6. The average molecular weight is 296 g/mol. The number of hydrogen-bond donors (Lipinski definition) is 0. The molecule has 0 aromatic heterocycles. The first-order valence-electron chi connectivity index (χ1n) is 8.42. The maximum Gasteiger partial charge on any atom is 0.123 e. The molecule has 2 aromatic rings. The highest BCUT2D eigenvalue weighted by Gasteiger charge is 2.28. The van der Waals surface area contributed by atoms with E-state index in [1.807, 2.05) is 6.07 Å². The van der Waals surface area contributed by atoms with E-state index in [9.17, 15) is 4.39 Å². The molecule has 0 saturated heterocycles. The van der Waals surface area contributed by atoms with Gasteiger partial charge < -0.3 is 0 Å². The summed E-state index contributed by atoms with van der Waals surface area (Å²) in [5.41, 5.74) is 5.36. The van der Waals surface area contributed by atoms with Crippen LogP contribution in [-0.2, 0) is 6.42 Å². The SMILES string of the molecule is CC(C)CC[C@@H]1c2ccccc2Cc2ccc(F)cc2C1C. The Morgan fingerprint density at radius 2 is 1.77 bits per heavy atom. The summed E-state index contributed by atoms with van der Waals surface area (Å²) in [6.45, 7) is 6.83. The van der Waals surface area contributed by atoms with Crippen molar-refractivity contribution in [2.24, 2.45) is 5.92 Å². The van der Waals surface area contributed by atoms with Gasteiger partial charge in [0.2, 0.25) is 0 Å². The molecule has 1 aliphatic carbocycles. The van der Waals surface area contributed by atoms with Gasteiger partial charge in [0, 0.05) is 0 Å². The Bertz CT molecular complexity index is 657. The molecule has 1 aliphatic rings. The minimum Gasteiger partial charge on any atom is -0.207 e. The van der Waals surface area contributed by atoms with Crippen molar-refractivity contribution in [1.29, 1.82) is 0 Å². The normalized spacial score (nSPS) is 20.4. The third-order valence-corrected chi connectivity index (χ3v) is 5.09. The second-order valence-corrected chi connectivity index (χ2v) is 7.09. The minimum absolute atomic E-state index is 0.112. The topological polar surface area (TPSA) is 0 Å². The van der Waals surface area contributed by atoms with E-state index < -0.39 is 0 Å². The molecule has 0 radical (unpaired) electrons. The van der Waals surface area contributed by atoms with Crippen LogP contribution in [0.5, 0.6) is 0 Å². The number of hydrogen-bond acceptors (Lipinski definition) is 0. The fraction of sp³-hybridized carbons (Fsp3) is 0.429. The van der Waals surface area contributed by atoms with E-state index in [4.69, 9.17) is 0 Å². The van der Waals surface area contributed by atoms with Crippen LogP contribution in [-0.4, -0.2) is 0 Å². The van der Waals surface area contributed by atoms with E-state index >= 15 is 0 Å². The van der Waals surface area contributed by atoms with Crippen LogP contribution >= 0.6 is 0 Å². The molecule has 2 aromatic carbocycles. The molecule has 3 rings (SSSR count). The standard InChI is InChI=1S/C21H25F/c1-14(2)8-11-19-15(3)21-13-18(22)10-9-17(21)12-16-6-4-5-7-20(16)19/h4-7,9-10,13-15,19H,8,11-12H2,1-3H3/t15?,19-/m0/s1. The molecule has 0 heterocycles. The van der Waals surface area contributed by atoms with Crippen LogP contribution < -0.4 is 0 Å². The number of fused-ring (bicyclic) bond motifs is 2. The van der Waals surface area contributed by atoms with Crippen molar-refractivity contribution < 1.29 is 4.39 Å². The average Bonchev–Trinajstić information content (AvgIpc) is 2.60. The lowest BCUT2D eigenvalue weighted by Gasteiger charge is -2.25. The van der Waals surface area contributed by atoms with Crippen LogP contribution in [0.1, 0.15) is 67.7 Å². The van der Waals surface area contributed by atoms with Crippen molar-refractivity contribution in [3.05, 3.63) is 70.5 Å². The lowest BCUT2D eigenvalue weighted by Crippen LogP contribution is -2.10. The molecule has 0 bridgehead atoms. The molecule has 1 heteroatoms. The van der Waals surface area contributed by atoms with Gasteiger partial charge in [0.05, 0.1) is 0 Å². The van der Waals surface area contributed by atoms with Gasteiger partial charge in [-0.3, -0.25) is 0 Å². The summed E-state index contributed by atoms with van der Waals surface area (Å²) in [7, 11) is 0. The van der Waals surface area contributed by atoms with Crippen molar-refractivity contribution in [3.63, 3.8) is 0 Å². The Balaban J connectivity index is 2.07. The molecule has 0 spiro atoms. The monoisotopic (exact) mass is 296 g/mol. The Kier molecular flexibility index (Phi) is 4.33. The first-order valence-corrected chi connectivity index (χ1v) is 8.42. The van der Waals surface area contributed by atoms with Gasteiger partial charge in [-0.05, 0) is 65.0 Å². The zero-order valence-electron chi connectivity index (χ0n) is 13.8. The highest BCUT2D eigenvalue weighted by Crippen LogP contribution is 2.43. The fourth-order valence-corrected chi connectivity index (χ4v) is 3.82. The Hall–Kier alpha value is -1.63. The summed E-state index contributed by atoms with van der Waals surface area (Å²) < 4.78 is 13.8. The van der Waals surface area contributed by atoms with Crippen molar-refractivity contribution >= 4 is 0 Å². The Morgan fingerprint density at radius 1 is 1.05 bits per heavy atom. The molecule has 0 nitrogen and oxygen atoms in total. The van der Waals surface area contributed by atoms with E-state index in [1.54, 1.807) is 12.1 Å². The molecule has 22 heavy (non-hydrogen) atoms. The van der Waals surface area contributed by atoms with Crippen LogP contribution in [0.25, 0.3) is 0 Å². The van der Waals surface area contributed by atoms with Gasteiger partial charge in [-0.2, -0.15) is 0 Å². The predicted molar refractivity (Wildman–Crippen MR) is 90.9 cm³/mol. The van der Waals surface area contributed by atoms with E-state index in [1.165, 1.54) is 35.1 Å². The molecular weight excluding hydrogens is 271 g/mol. The van der Waals surface area contributed by atoms with Crippen LogP contribution in [0.3, 0.4) is 0 Å². The van der Waals surface area contributed by atoms with Gasteiger partial charge in [-0.1, -0.05) is 57.5 Å². The van der Waals surface area contributed by atoms with Crippen LogP contribution in [0, 0.1) is 11.7 Å². The summed E-state index contributed by atoms with van der Waals surface area (Å²) in [6.07, 6.45) is 3.31. The van der Waals surface area contributed by atoms with Crippen LogP contribution in [0.15, 0.2) is 42.5 Å². The van der Waals surface area contributed by atoms with Gasteiger partial charge in [-0.15, -0.1) is 0 Å². The van der Waals surface area contributed by atoms with Crippen LogP contribution in [0.2, 0.25) is 0 Å². The quantitative estimate of drug-likeness (QED) is 0.646. The maximum absolute atomic E-state index is 13.8. The number of rotatable bonds is 3. The summed E-state index contributed by atoms with van der Waals surface area (Å²) in [6, 6.07) is 14.1. The molecule has 0 fully saturated rings. The van der Waals surface area contributed by atoms with E-state index in [2.05, 4.69) is 45.0 Å². The minimum atomic E-state index is -0.112. The van der Waals surface area contributed by atoms with Crippen molar-refractivity contribution in [2.75, 3.05) is 0 Å². The van der Waals surface area contributed by atoms with Crippen molar-refractivity contribution in [3.8, 4) is 0 Å². The third-order valence-electron chi connectivity index (χ3n) is 5.09. The zero-order valence-corrected chi connectivity index (χ0v) is 13.8. The second-order valence-electron chi connectivity index (χ2n) is 7.09. The summed E-state index contributed by atoms with van der Waals surface area (Å²) in [4.78, 5) is 0. The highest BCUT2D eigenvalue weighted by atomic mass is 19.1. The summed E-state index contributed by atoms with van der Waals surface area (Å²) >= 11 is 0. The molecule has 2 atom stereocenters. The van der Waals surface area contributed by atoms with Gasteiger partial charge >= 0.3 is 0 Å². The van der Waals surface area contributed by atoms with E-state index in [-0.39, 0.29) is 5.82 Å². The molecule has 116 valence electrons. The molecule has 0 N–H and O–H groups in total. The lowest BCUT2D eigenvalue weighted by atomic mass is 9.79. The van der Waals surface area contributed by atoms with Gasteiger partial charge in [0.15, 0.2) is 0 Å². The molecule has 1 unspecified atom stereocenters. The molecule has 0 saturated carbocycles. The molecule has 0 aliphatic heterocycles. The molecule has 0 amide bonds. The zero-order chi connectivity index (χ0) is 15.7. The smallest absolute Gasteiger partial charge is 0.123 e. The summed E-state index contributed by atoms with van der Waals surface area (Å²) in [5.74, 6) is 1.45. The van der Waals surface area contributed by atoms with Crippen LogP contribution in [0.4, 0.5) is 4.39 Å². The van der Waals surface area contributed by atoms with Crippen molar-refractivity contribution in [2.45, 2.75) is 51.9 Å². The van der Waals surface area contributed by atoms with Crippen molar-refractivity contribution in [1.82, 2.24) is 0 Å². The van der Waals surface area contributed by atoms with E-state index in [0.717, 1.165) is 6.42 Å². The third kappa shape index (κ3) is 2.95.